The molecule has 1 fully saturated rings. The molecule has 37 heavy (non-hydrogen) atoms. The van der Waals surface area contributed by atoms with E-state index >= 15 is 0 Å². The molecule has 1 N–H and O–H groups in total. The summed E-state index contributed by atoms with van der Waals surface area (Å²) >= 11 is 0. The number of carbonyl (C=O) groups excluding carboxylic acids is 1. The van der Waals surface area contributed by atoms with E-state index in [1.165, 1.54) is 11.3 Å². The van der Waals surface area contributed by atoms with Gasteiger partial charge in [-0.1, -0.05) is 36.4 Å². The van der Waals surface area contributed by atoms with E-state index in [1.54, 1.807) is 13.3 Å². The Morgan fingerprint density at radius 2 is 1.62 bits per heavy atom. The van der Waals surface area contributed by atoms with E-state index < -0.39 is 0 Å². The molecule has 3 aromatic carbocycles. The van der Waals surface area contributed by atoms with Gasteiger partial charge < -0.3 is 14.5 Å². The molecular formula is C30H37N5O2. The van der Waals surface area contributed by atoms with Crippen molar-refractivity contribution in [2.75, 3.05) is 56.2 Å². The molecule has 1 aliphatic rings. The zero-order valence-electron chi connectivity index (χ0n) is 22.1. The summed E-state index contributed by atoms with van der Waals surface area (Å²) in [5.74, 6) is 0.704. The van der Waals surface area contributed by atoms with Crippen molar-refractivity contribution >= 4 is 23.5 Å². The van der Waals surface area contributed by atoms with Gasteiger partial charge in [0.15, 0.2) is 0 Å². The van der Waals surface area contributed by atoms with Crippen molar-refractivity contribution in [3.8, 4) is 5.75 Å². The monoisotopic (exact) mass is 499 g/mol. The van der Waals surface area contributed by atoms with Gasteiger partial charge in [0.2, 0.25) is 0 Å². The number of anilines is 2. The summed E-state index contributed by atoms with van der Waals surface area (Å²) in [4.78, 5) is 19.6. The summed E-state index contributed by atoms with van der Waals surface area (Å²) in [6.07, 6.45) is 1.67. The minimum atomic E-state index is -0.215. The summed E-state index contributed by atoms with van der Waals surface area (Å²) in [7, 11) is 1.72. The number of para-hydroxylation sites is 2. The third kappa shape index (κ3) is 6.89. The first-order chi connectivity index (χ1) is 18.1. The first kappa shape index (κ1) is 26.2. The van der Waals surface area contributed by atoms with Crippen molar-refractivity contribution < 1.29 is 9.53 Å². The minimum Gasteiger partial charge on any atom is -0.495 e. The lowest BCUT2D eigenvalue weighted by atomic mass is 10.1. The lowest BCUT2D eigenvalue weighted by molar-refractivity contribution is 0.0955. The van der Waals surface area contributed by atoms with Gasteiger partial charge in [0.05, 0.1) is 19.0 Å². The van der Waals surface area contributed by atoms with E-state index in [-0.39, 0.29) is 5.91 Å². The Morgan fingerprint density at radius 1 is 0.946 bits per heavy atom. The molecule has 0 unspecified atom stereocenters. The number of piperazine rings is 1. The summed E-state index contributed by atoms with van der Waals surface area (Å²) in [6, 6.07) is 24.1. The molecule has 0 atom stereocenters. The fourth-order valence-electron chi connectivity index (χ4n) is 4.65. The Morgan fingerprint density at radius 3 is 2.27 bits per heavy atom. The Labute approximate surface area is 220 Å². The SMILES string of the molecule is CCN(CC)c1ccc(/C=N\NC(=O)c2ccc(CN3CCN(c4ccccc4OC)CC3)cc2)cc1. The van der Waals surface area contributed by atoms with Crippen molar-refractivity contribution in [2.24, 2.45) is 5.10 Å². The van der Waals surface area contributed by atoms with Gasteiger partial charge in [0.25, 0.3) is 5.91 Å². The quantitative estimate of drug-likeness (QED) is 0.326. The highest BCUT2D eigenvalue weighted by Crippen LogP contribution is 2.28. The Hall–Kier alpha value is -3.84. The molecule has 3 aromatic rings. The molecule has 0 aromatic heterocycles. The molecule has 1 heterocycles. The first-order valence-corrected chi connectivity index (χ1v) is 13.0. The van der Waals surface area contributed by atoms with Gasteiger partial charge in [0, 0.05) is 57.1 Å². The second kappa shape index (κ2) is 12.9. The van der Waals surface area contributed by atoms with E-state index in [0.29, 0.717) is 5.56 Å². The van der Waals surface area contributed by atoms with Crippen LogP contribution in [0.3, 0.4) is 0 Å². The lowest BCUT2D eigenvalue weighted by Gasteiger charge is -2.36. The van der Waals surface area contributed by atoms with E-state index in [9.17, 15) is 4.79 Å². The average Bonchev–Trinajstić information content (AvgIpc) is 2.95. The maximum atomic E-state index is 12.5. The van der Waals surface area contributed by atoms with E-state index in [4.69, 9.17) is 4.74 Å². The van der Waals surface area contributed by atoms with Crippen molar-refractivity contribution in [3.05, 3.63) is 89.5 Å². The van der Waals surface area contributed by atoms with Crippen molar-refractivity contribution in [1.29, 1.82) is 0 Å². The van der Waals surface area contributed by atoms with Gasteiger partial charge in [-0.3, -0.25) is 9.69 Å². The molecule has 1 aliphatic heterocycles. The number of rotatable bonds is 10. The molecule has 1 amide bonds. The predicted octanol–water partition coefficient (Wildman–Crippen LogP) is 4.63. The number of carbonyl (C=O) groups is 1. The normalized spacial score (nSPS) is 14.1. The van der Waals surface area contributed by atoms with E-state index in [2.05, 4.69) is 63.3 Å². The number of amides is 1. The number of ether oxygens (including phenoxy) is 1. The van der Waals surface area contributed by atoms with Crippen LogP contribution in [-0.4, -0.2) is 63.4 Å². The van der Waals surface area contributed by atoms with Crippen LogP contribution in [0.4, 0.5) is 11.4 Å². The molecule has 194 valence electrons. The fraction of sp³-hybridized carbons (Fsp3) is 0.333. The van der Waals surface area contributed by atoms with Gasteiger partial charge in [-0.05, 0) is 61.4 Å². The van der Waals surface area contributed by atoms with Gasteiger partial charge in [-0.25, -0.2) is 5.43 Å². The molecule has 7 nitrogen and oxygen atoms in total. The first-order valence-electron chi connectivity index (χ1n) is 13.0. The summed E-state index contributed by atoms with van der Waals surface area (Å²) in [5.41, 5.74) is 7.70. The minimum absolute atomic E-state index is 0.215. The number of methoxy groups -OCH3 is 1. The molecule has 1 saturated heterocycles. The van der Waals surface area contributed by atoms with Crippen LogP contribution in [0.15, 0.2) is 77.9 Å². The number of hydrogen-bond donors (Lipinski definition) is 1. The van der Waals surface area contributed by atoms with Crippen LogP contribution in [0.2, 0.25) is 0 Å². The zero-order chi connectivity index (χ0) is 26.0. The number of nitrogens with one attached hydrogen (secondary N) is 1. The maximum Gasteiger partial charge on any atom is 0.271 e. The van der Waals surface area contributed by atoms with E-state index in [1.807, 2.05) is 48.5 Å². The van der Waals surface area contributed by atoms with E-state index in [0.717, 1.165) is 62.8 Å². The largest absolute Gasteiger partial charge is 0.495 e. The second-order valence-corrected chi connectivity index (χ2v) is 9.09. The smallest absolute Gasteiger partial charge is 0.271 e. The third-order valence-corrected chi connectivity index (χ3v) is 6.82. The van der Waals surface area contributed by atoms with Crippen LogP contribution in [-0.2, 0) is 6.54 Å². The van der Waals surface area contributed by atoms with Gasteiger partial charge >= 0.3 is 0 Å². The van der Waals surface area contributed by atoms with Crippen LogP contribution in [0.5, 0.6) is 5.75 Å². The highest BCUT2D eigenvalue weighted by atomic mass is 16.5. The van der Waals surface area contributed by atoms with Gasteiger partial charge in [-0.15, -0.1) is 0 Å². The standard InChI is InChI=1S/C30H37N5O2/c1-4-34(5-2)27-16-12-24(13-17-27)22-31-32-30(36)26-14-10-25(11-15-26)23-33-18-20-35(21-19-33)28-8-6-7-9-29(28)37-3/h6-17,22H,4-5,18-21,23H2,1-3H3,(H,32,36)/b31-22-. The molecule has 4 rings (SSSR count). The highest BCUT2D eigenvalue weighted by Gasteiger charge is 2.19. The van der Waals surface area contributed by atoms with Crippen LogP contribution < -0.4 is 20.0 Å². The third-order valence-electron chi connectivity index (χ3n) is 6.82. The van der Waals surface area contributed by atoms with Crippen molar-refractivity contribution in [3.63, 3.8) is 0 Å². The topological polar surface area (TPSA) is 60.4 Å². The molecule has 7 heteroatoms. The number of nitrogens with zero attached hydrogens (tertiary/aromatic N) is 4. The van der Waals surface area contributed by atoms with Gasteiger partial charge in [0.1, 0.15) is 5.75 Å². The predicted molar refractivity (Wildman–Crippen MR) is 152 cm³/mol. The summed E-state index contributed by atoms with van der Waals surface area (Å²) in [6.45, 7) is 11.0. The summed E-state index contributed by atoms with van der Waals surface area (Å²) in [5, 5.41) is 4.13. The Kier molecular flexibility index (Phi) is 9.16. The number of hydrazone groups is 1. The second-order valence-electron chi connectivity index (χ2n) is 9.09. The molecule has 0 bridgehead atoms. The van der Waals surface area contributed by atoms with Crippen molar-refractivity contribution in [2.45, 2.75) is 20.4 Å². The molecule has 0 radical (unpaired) electrons. The van der Waals surface area contributed by atoms with Crippen LogP contribution in [0.25, 0.3) is 0 Å². The Bertz CT molecular complexity index is 1170. The molecule has 0 spiro atoms. The van der Waals surface area contributed by atoms with Crippen molar-refractivity contribution in [1.82, 2.24) is 10.3 Å². The highest BCUT2D eigenvalue weighted by molar-refractivity contribution is 5.94. The molecular weight excluding hydrogens is 462 g/mol. The zero-order valence-corrected chi connectivity index (χ0v) is 22.1. The number of benzene rings is 3. The van der Waals surface area contributed by atoms with Gasteiger partial charge in [-0.2, -0.15) is 5.10 Å². The lowest BCUT2D eigenvalue weighted by Crippen LogP contribution is -2.46. The van der Waals surface area contributed by atoms with Crippen LogP contribution >= 0.6 is 0 Å². The molecule has 0 saturated carbocycles. The summed E-state index contributed by atoms with van der Waals surface area (Å²) < 4.78 is 5.52. The fourth-order valence-corrected chi connectivity index (χ4v) is 4.65. The average molecular weight is 500 g/mol. The Balaban J connectivity index is 1.25. The van der Waals surface area contributed by atoms with Crippen LogP contribution in [0, 0.1) is 0 Å². The number of hydrogen-bond acceptors (Lipinski definition) is 6. The maximum absolute atomic E-state index is 12.5. The molecule has 0 aliphatic carbocycles. The van der Waals surface area contributed by atoms with Crippen LogP contribution in [0.1, 0.15) is 35.3 Å².